The Morgan fingerprint density at radius 3 is 2.71 bits per heavy atom. The van der Waals surface area contributed by atoms with Crippen molar-refractivity contribution < 1.29 is 22.4 Å². The summed E-state index contributed by atoms with van der Waals surface area (Å²) in [5, 5.41) is 0. The monoisotopic (exact) mass is 406 g/mol. The van der Waals surface area contributed by atoms with Gasteiger partial charge in [0.2, 0.25) is 10.0 Å². The second-order valence-electron chi connectivity index (χ2n) is 6.91. The van der Waals surface area contributed by atoms with E-state index >= 15 is 0 Å². The smallest absolute Gasteiger partial charge is 0.251 e. The highest BCUT2D eigenvalue weighted by Crippen LogP contribution is 2.24. The molecule has 1 atom stereocenters. The molecule has 7 nitrogen and oxygen atoms in total. The summed E-state index contributed by atoms with van der Waals surface area (Å²) < 4.78 is 38.5. The van der Waals surface area contributed by atoms with Crippen molar-refractivity contribution in [1.29, 1.82) is 0 Å². The minimum atomic E-state index is -3.68. The van der Waals surface area contributed by atoms with E-state index in [2.05, 4.69) is 4.72 Å². The standard InChI is InChI=1S/C20H26N2O5S/c1-4-19(26-3)20(23)22-10-9-15-6-8-18(11-16(15)13-22)28(24,25)21-12-17-7-5-14(2)27-17/h5-8,11,19,21H,4,9-10,12-13H2,1-3H3/t19-/m1/s1. The molecule has 0 radical (unpaired) electrons. The van der Waals surface area contributed by atoms with Crippen molar-refractivity contribution in [3.63, 3.8) is 0 Å². The molecule has 0 unspecified atom stereocenters. The van der Waals surface area contributed by atoms with Crippen molar-refractivity contribution in [1.82, 2.24) is 9.62 Å². The fourth-order valence-electron chi connectivity index (χ4n) is 3.36. The van der Waals surface area contributed by atoms with Crippen LogP contribution in [0.15, 0.2) is 39.6 Å². The third-order valence-corrected chi connectivity index (χ3v) is 6.37. The minimum Gasteiger partial charge on any atom is -0.465 e. The maximum Gasteiger partial charge on any atom is 0.251 e. The van der Waals surface area contributed by atoms with Gasteiger partial charge < -0.3 is 14.1 Å². The van der Waals surface area contributed by atoms with Crippen LogP contribution < -0.4 is 4.72 Å². The Kier molecular flexibility index (Phi) is 6.22. The van der Waals surface area contributed by atoms with Gasteiger partial charge in [0, 0.05) is 20.2 Å². The predicted molar refractivity (Wildman–Crippen MR) is 104 cm³/mol. The molecule has 0 saturated carbocycles. The van der Waals surface area contributed by atoms with Crippen LogP contribution in [-0.2, 0) is 39.1 Å². The first-order valence-electron chi connectivity index (χ1n) is 9.32. The number of hydrogen-bond acceptors (Lipinski definition) is 5. The van der Waals surface area contributed by atoms with Gasteiger partial charge in [-0.1, -0.05) is 13.0 Å². The number of nitrogens with one attached hydrogen (secondary N) is 1. The summed E-state index contributed by atoms with van der Waals surface area (Å²) >= 11 is 0. The van der Waals surface area contributed by atoms with Crippen LogP contribution in [0.5, 0.6) is 0 Å². The molecule has 0 spiro atoms. The van der Waals surface area contributed by atoms with Gasteiger partial charge in [-0.3, -0.25) is 4.79 Å². The average Bonchev–Trinajstić information content (AvgIpc) is 3.11. The molecule has 1 amide bonds. The molecule has 152 valence electrons. The first-order valence-corrected chi connectivity index (χ1v) is 10.8. The maximum absolute atomic E-state index is 12.7. The first-order chi connectivity index (χ1) is 13.3. The van der Waals surface area contributed by atoms with Crippen LogP contribution in [0.4, 0.5) is 0 Å². The van der Waals surface area contributed by atoms with Gasteiger partial charge in [0.05, 0.1) is 11.4 Å². The van der Waals surface area contributed by atoms with Gasteiger partial charge in [0.1, 0.15) is 17.6 Å². The van der Waals surface area contributed by atoms with E-state index in [1.807, 2.05) is 13.0 Å². The lowest BCUT2D eigenvalue weighted by Gasteiger charge is -2.31. The summed E-state index contributed by atoms with van der Waals surface area (Å²) in [5.41, 5.74) is 1.91. The predicted octanol–water partition coefficient (Wildman–Crippen LogP) is 2.38. The summed E-state index contributed by atoms with van der Waals surface area (Å²) in [7, 11) is -2.16. The van der Waals surface area contributed by atoms with Gasteiger partial charge in [-0.05, 0) is 55.2 Å². The van der Waals surface area contributed by atoms with Crippen molar-refractivity contribution in [3.8, 4) is 0 Å². The van der Waals surface area contributed by atoms with E-state index in [0.717, 1.165) is 16.9 Å². The van der Waals surface area contributed by atoms with E-state index in [-0.39, 0.29) is 17.3 Å². The molecule has 0 saturated heterocycles. The molecule has 1 N–H and O–H groups in total. The highest BCUT2D eigenvalue weighted by Gasteiger charge is 2.27. The molecule has 1 aliphatic rings. The third kappa shape index (κ3) is 4.45. The highest BCUT2D eigenvalue weighted by atomic mass is 32.2. The zero-order chi connectivity index (χ0) is 20.3. The number of ether oxygens (including phenoxy) is 1. The fraction of sp³-hybridized carbons (Fsp3) is 0.450. The van der Waals surface area contributed by atoms with Crippen LogP contribution in [-0.4, -0.2) is 39.0 Å². The molecule has 0 bridgehead atoms. The highest BCUT2D eigenvalue weighted by molar-refractivity contribution is 7.89. The number of carbonyl (C=O) groups is 1. The van der Waals surface area contributed by atoms with Crippen LogP contribution in [0, 0.1) is 6.92 Å². The van der Waals surface area contributed by atoms with E-state index in [4.69, 9.17) is 9.15 Å². The van der Waals surface area contributed by atoms with Gasteiger partial charge in [-0.2, -0.15) is 0 Å². The number of amides is 1. The molecule has 1 aromatic carbocycles. The van der Waals surface area contributed by atoms with Gasteiger partial charge >= 0.3 is 0 Å². The Hall–Kier alpha value is -2.16. The van der Waals surface area contributed by atoms with E-state index in [1.165, 1.54) is 7.11 Å². The number of nitrogens with zero attached hydrogens (tertiary/aromatic N) is 1. The Labute approximate surface area is 165 Å². The molecular weight excluding hydrogens is 380 g/mol. The molecule has 1 aromatic heterocycles. The summed E-state index contributed by atoms with van der Waals surface area (Å²) in [5.74, 6) is 1.23. The van der Waals surface area contributed by atoms with Crippen LogP contribution in [0.1, 0.15) is 36.0 Å². The number of aryl methyl sites for hydroxylation is 1. The second-order valence-corrected chi connectivity index (χ2v) is 8.68. The van der Waals surface area contributed by atoms with E-state index < -0.39 is 16.1 Å². The van der Waals surface area contributed by atoms with E-state index in [1.54, 1.807) is 36.1 Å². The van der Waals surface area contributed by atoms with Crippen molar-refractivity contribution in [2.45, 2.75) is 50.8 Å². The zero-order valence-corrected chi connectivity index (χ0v) is 17.2. The van der Waals surface area contributed by atoms with Gasteiger partial charge in [0.15, 0.2) is 0 Å². The lowest BCUT2D eigenvalue weighted by molar-refractivity contribution is -0.143. The van der Waals surface area contributed by atoms with Gasteiger partial charge in [-0.25, -0.2) is 13.1 Å². The fourth-order valence-corrected chi connectivity index (χ4v) is 4.41. The number of fused-ring (bicyclic) bond motifs is 1. The number of carbonyl (C=O) groups excluding carboxylic acids is 1. The topological polar surface area (TPSA) is 88.8 Å². The van der Waals surface area contributed by atoms with E-state index in [0.29, 0.717) is 31.7 Å². The van der Waals surface area contributed by atoms with Crippen molar-refractivity contribution in [2.24, 2.45) is 0 Å². The summed E-state index contributed by atoms with van der Waals surface area (Å²) in [6.45, 7) is 4.79. The lowest BCUT2D eigenvalue weighted by Crippen LogP contribution is -2.42. The Balaban J connectivity index is 1.75. The van der Waals surface area contributed by atoms with Crippen molar-refractivity contribution in [2.75, 3.05) is 13.7 Å². The molecular formula is C20H26N2O5S. The number of furan rings is 1. The van der Waals surface area contributed by atoms with Crippen LogP contribution >= 0.6 is 0 Å². The molecule has 0 aliphatic carbocycles. The third-order valence-electron chi connectivity index (χ3n) is 4.98. The normalized spacial score (nSPS) is 15.3. The molecule has 2 aromatic rings. The number of benzene rings is 1. The molecule has 0 fully saturated rings. The SMILES string of the molecule is CC[C@@H](OC)C(=O)N1CCc2ccc(S(=O)(=O)NCc3ccc(C)o3)cc2C1. The molecule has 28 heavy (non-hydrogen) atoms. The average molecular weight is 407 g/mol. The van der Waals surface area contributed by atoms with Crippen LogP contribution in [0.25, 0.3) is 0 Å². The van der Waals surface area contributed by atoms with Crippen LogP contribution in [0.3, 0.4) is 0 Å². The quantitative estimate of drug-likeness (QED) is 0.763. The second kappa shape index (κ2) is 8.46. The Bertz CT molecular complexity index is 947. The summed E-state index contributed by atoms with van der Waals surface area (Å²) in [6, 6.07) is 8.62. The number of hydrogen-bond donors (Lipinski definition) is 1. The van der Waals surface area contributed by atoms with Crippen molar-refractivity contribution >= 4 is 15.9 Å². The largest absolute Gasteiger partial charge is 0.465 e. The Morgan fingerprint density at radius 1 is 1.29 bits per heavy atom. The number of sulfonamides is 1. The maximum atomic E-state index is 12.7. The molecule has 2 heterocycles. The Morgan fingerprint density at radius 2 is 2.07 bits per heavy atom. The van der Waals surface area contributed by atoms with Crippen LogP contribution in [0.2, 0.25) is 0 Å². The molecule has 3 rings (SSSR count). The minimum absolute atomic E-state index is 0.0600. The zero-order valence-electron chi connectivity index (χ0n) is 16.4. The first kappa shape index (κ1) is 20.6. The van der Waals surface area contributed by atoms with Crippen molar-refractivity contribution in [3.05, 3.63) is 53.0 Å². The van der Waals surface area contributed by atoms with Gasteiger partial charge in [0.25, 0.3) is 5.91 Å². The molecule has 8 heteroatoms. The number of rotatable bonds is 7. The van der Waals surface area contributed by atoms with Gasteiger partial charge in [-0.15, -0.1) is 0 Å². The van der Waals surface area contributed by atoms with E-state index in [9.17, 15) is 13.2 Å². The molecule has 1 aliphatic heterocycles. The summed E-state index contributed by atoms with van der Waals surface area (Å²) in [4.78, 5) is 14.5. The number of methoxy groups -OCH3 is 1. The lowest BCUT2D eigenvalue weighted by atomic mass is 9.99. The summed E-state index contributed by atoms with van der Waals surface area (Å²) in [6.07, 6.45) is 0.830.